The topological polar surface area (TPSA) is 101 Å². The SMILES string of the molecule is CCOC(=O)c1nn(-c2cccc(OC)c2)c2nnc(C)c(=O)n12. The van der Waals surface area contributed by atoms with Gasteiger partial charge in [-0.15, -0.1) is 15.3 Å². The van der Waals surface area contributed by atoms with Crippen molar-refractivity contribution in [1.82, 2.24) is 24.4 Å². The molecule has 0 spiro atoms. The molecule has 9 nitrogen and oxygen atoms in total. The van der Waals surface area contributed by atoms with Crippen molar-refractivity contribution < 1.29 is 14.3 Å². The maximum absolute atomic E-state index is 12.4. The first-order valence-corrected chi connectivity index (χ1v) is 7.23. The normalized spacial score (nSPS) is 10.8. The maximum Gasteiger partial charge on any atom is 0.376 e. The largest absolute Gasteiger partial charge is 0.497 e. The van der Waals surface area contributed by atoms with Gasteiger partial charge in [0, 0.05) is 6.07 Å². The summed E-state index contributed by atoms with van der Waals surface area (Å²) in [6.07, 6.45) is 0. The molecule has 124 valence electrons. The van der Waals surface area contributed by atoms with E-state index in [1.807, 2.05) is 0 Å². The van der Waals surface area contributed by atoms with E-state index in [9.17, 15) is 9.59 Å². The summed E-state index contributed by atoms with van der Waals surface area (Å²) in [6, 6.07) is 6.98. The fourth-order valence-corrected chi connectivity index (χ4v) is 2.22. The number of benzene rings is 1. The third-order valence-corrected chi connectivity index (χ3v) is 3.35. The molecule has 0 amide bonds. The van der Waals surface area contributed by atoms with Crippen molar-refractivity contribution in [2.45, 2.75) is 13.8 Å². The van der Waals surface area contributed by atoms with Crippen molar-refractivity contribution in [2.24, 2.45) is 0 Å². The molecule has 24 heavy (non-hydrogen) atoms. The summed E-state index contributed by atoms with van der Waals surface area (Å²) >= 11 is 0. The first-order valence-electron chi connectivity index (χ1n) is 7.23. The highest BCUT2D eigenvalue weighted by Gasteiger charge is 2.22. The number of aromatic nitrogens is 5. The molecular formula is C15H15N5O4. The zero-order valence-electron chi connectivity index (χ0n) is 13.4. The minimum atomic E-state index is -0.710. The van der Waals surface area contributed by atoms with Gasteiger partial charge in [0.1, 0.15) is 11.4 Å². The number of carbonyl (C=O) groups excluding carboxylic acids is 1. The van der Waals surface area contributed by atoms with Crippen LogP contribution in [0.1, 0.15) is 23.2 Å². The Bertz CT molecular complexity index is 976. The standard InChI is InChI=1S/C15H15N5O4/c1-4-24-14(22)12-18-20(10-6-5-7-11(8-10)23-3)15-17-16-9(2)13(21)19(12)15/h5-8H,4H2,1-3H3. The van der Waals surface area contributed by atoms with Gasteiger partial charge < -0.3 is 9.47 Å². The number of methoxy groups -OCH3 is 1. The number of ether oxygens (including phenoxy) is 2. The van der Waals surface area contributed by atoms with Gasteiger partial charge in [-0.2, -0.15) is 4.68 Å². The maximum atomic E-state index is 12.4. The molecule has 0 bridgehead atoms. The molecule has 2 aromatic heterocycles. The second-order valence-electron chi connectivity index (χ2n) is 4.88. The van der Waals surface area contributed by atoms with Crippen LogP contribution in [0.15, 0.2) is 29.1 Å². The summed E-state index contributed by atoms with van der Waals surface area (Å²) in [5.74, 6) is -0.153. The Hall–Kier alpha value is -3.23. The van der Waals surface area contributed by atoms with Crippen LogP contribution in [0.2, 0.25) is 0 Å². The lowest BCUT2D eigenvalue weighted by Gasteiger charge is -2.04. The van der Waals surface area contributed by atoms with Gasteiger partial charge in [0.15, 0.2) is 0 Å². The number of carbonyl (C=O) groups is 1. The Morgan fingerprint density at radius 2 is 2.08 bits per heavy atom. The number of hydrogen-bond acceptors (Lipinski definition) is 7. The lowest BCUT2D eigenvalue weighted by molar-refractivity contribution is 0.0509. The second kappa shape index (κ2) is 6.11. The van der Waals surface area contributed by atoms with Gasteiger partial charge in [0.2, 0.25) is 5.82 Å². The monoisotopic (exact) mass is 329 g/mol. The Kier molecular flexibility index (Phi) is 3.98. The van der Waals surface area contributed by atoms with E-state index in [1.54, 1.807) is 31.2 Å². The van der Waals surface area contributed by atoms with Crippen molar-refractivity contribution in [3.05, 3.63) is 46.1 Å². The predicted octanol–water partition coefficient (Wildman–Crippen LogP) is 0.769. The van der Waals surface area contributed by atoms with Gasteiger partial charge in [0.25, 0.3) is 11.3 Å². The minimum Gasteiger partial charge on any atom is -0.497 e. The zero-order chi connectivity index (χ0) is 17.3. The van der Waals surface area contributed by atoms with Gasteiger partial charge in [-0.1, -0.05) is 6.07 Å². The smallest absolute Gasteiger partial charge is 0.376 e. The first-order chi connectivity index (χ1) is 11.6. The molecule has 0 aliphatic rings. The van der Waals surface area contributed by atoms with E-state index >= 15 is 0 Å². The van der Waals surface area contributed by atoms with Crippen LogP contribution in [0, 0.1) is 6.92 Å². The number of rotatable bonds is 4. The molecule has 3 rings (SSSR count). The summed E-state index contributed by atoms with van der Waals surface area (Å²) in [6.45, 7) is 3.35. The average molecular weight is 329 g/mol. The molecule has 0 saturated heterocycles. The summed E-state index contributed by atoms with van der Waals surface area (Å²) < 4.78 is 12.6. The Morgan fingerprint density at radius 3 is 2.79 bits per heavy atom. The van der Waals surface area contributed by atoms with Gasteiger partial charge in [-0.25, -0.2) is 9.20 Å². The quantitative estimate of drug-likeness (QED) is 0.652. The van der Waals surface area contributed by atoms with Crippen LogP contribution in [-0.4, -0.2) is 44.1 Å². The third-order valence-electron chi connectivity index (χ3n) is 3.35. The fraction of sp³-hybridized carbons (Fsp3) is 0.267. The summed E-state index contributed by atoms with van der Waals surface area (Å²) in [5.41, 5.74) is 0.250. The van der Waals surface area contributed by atoms with E-state index in [2.05, 4.69) is 15.3 Å². The summed E-state index contributed by atoms with van der Waals surface area (Å²) in [5, 5.41) is 12.0. The van der Waals surface area contributed by atoms with E-state index in [0.29, 0.717) is 11.4 Å². The predicted molar refractivity (Wildman–Crippen MR) is 83.6 cm³/mol. The molecular weight excluding hydrogens is 314 g/mol. The van der Waals surface area contributed by atoms with Crippen LogP contribution in [0.5, 0.6) is 5.75 Å². The average Bonchev–Trinajstić information content (AvgIpc) is 2.99. The van der Waals surface area contributed by atoms with Gasteiger partial charge in [0.05, 0.1) is 19.4 Å². The van der Waals surface area contributed by atoms with Crippen LogP contribution in [-0.2, 0) is 4.74 Å². The second-order valence-corrected chi connectivity index (χ2v) is 4.88. The summed E-state index contributed by atoms with van der Waals surface area (Å²) in [4.78, 5) is 24.6. The van der Waals surface area contributed by atoms with Gasteiger partial charge in [-0.3, -0.25) is 4.79 Å². The van der Waals surface area contributed by atoms with Crippen molar-refractivity contribution in [3.63, 3.8) is 0 Å². The van der Waals surface area contributed by atoms with Crippen molar-refractivity contribution in [2.75, 3.05) is 13.7 Å². The van der Waals surface area contributed by atoms with Crippen molar-refractivity contribution in [3.8, 4) is 11.4 Å². The highest BCUT2D eigenvalue weighted by Crippen LogP contribution is 2.18. The fourth-order valence-electron chi connectivity index (χ4n) is 2.22. The highest BCUT2D eigenvalue weighted by atomic mass is 16.5. The molecule has 1 aromatic carbocycles. The van der Waals surface area contributed by atoms with Crippen LogP contribution < -0.4 is 10.3 Å². The molecule has 0 N–H and O–H groups in total. The lowest BCUT2D eigenvalue weighted by atomic mass is 10.3. The number of aryl methyl sites for hydroxylation is 1. The van der Waals surface area contributed by atoms with E-state index in [4.69, 9.17) is 9.47 Å². The van der Waals surface area contributed by atoms with E-state index in [1.165, 1.54) is 18.7 Å². The van der Waals surface area contributed by atoms with Crippen LogP contribution in [0.3, 0.4) is 0 Å². The molecule has 0 aliphatic heterocycles. The number of esters is 1. The van der Waals surface area contributed by atoms with Gasteiger partial charge in [-0.05, 0) is 26.0 Å². The number of hydrogen-bond donors (Lipinski definition) is 0. The first kappa shape index (κ1) is 15.7. The van der Waals surface area contributed by atoms with Crippen LogP contribution in [0.4, 0.5) is 0 Å². The van der Waals surface area contributed by atoms with Crippen molar-refractivity contribution in [1.29, 1.82) is 0 Å². The van der Waals surface area contributed by atoms with E-state index in [0.717, 1.165) is 4.40 Å². The van der Waals surface area contributed by atoms with Crippen LogP contribution >= 0.6 is 0 Å². The van der Waals surface area contributed by atoms with Crippen molar-refractivity contribution >= 4 is 11.7 Å². The van der Waals surface area contributed by atoms with Crippen LogP contribution in [0.25, 0.3) is 11.5 Å². The van der Waals surface area contributed by atoms with Gasteiger partial charge >= 0.3 is 5.97 Å². The highest BCUT2D eigenvalue weighted by molar-refractivity contribution is 5.86. The molecule has 0 radical (unpaired) electrons. The molecule has 9 heteroatoms. The zero-order valence-corrected chi connectivity index (χ0v) is 13.4. The number of fused-ring (bicyclic) bond motifs is 1. The molecule has 0 aliphatic carbocycles. The molecule has 3 aromatic rings. The Labute approximate surface area is 136 Å². The molecule has 0 saturated carbocycles. The molecule has 0 fully saturated rings. The molecule has 0 atom stereocenters. The molecule has 0 unspecified atom stereocenters. The van der Waals surface area contributed by atoms with E-state index < -0.39 is 11.5 Å². The summed E-state index contributed by atoms with van der Waals surface area (Å²) in [7, 11) is 1.54. The Morgan fingerprint density at radius 1 is 1.29 bits per heavy atom. The lowest BCUT2D eigenvalue weighted by Crippen LogP contribution is -2.23. The third kappa shape index (κ3) is 2.49. The Balaban J connectivity index is 2.31. The molecule has 2 heterocycles. The van der Waals surface area contributed by atoms with E-state index in [-0.39, 0.29) is 23.9 Å². The minimum absolute atomic E-state index is 0.113. The number of nitrogens with zero attached hydrogens (tertiary/aromatic N) is 5.